The van der Waals surface area contributed by atoms with Gasteiger partial charge in [0, 0.05) is 41.6 Å². The number of hydrogen-bond acceptors (Lipinski definition) is 10. The van der Waals surface area contributed by atoms with Crippen molar-refractivity contribution >= 4 is 41.7 Å². The number of carboxylic acids is 4. The van der Waals surface area contributed by atoms with E-state index in [1.807, 2.05) is 60.7 Å². The van der Waals surface area contributed by atoms with Crippen molar-refractivity contribution in [1.29, 1.82) is 0 Å². The van der Waals surface area contributed by atoms with Crippen LogP contribution in [-0.4, -0.2) is 79.9 Å². The number of oxime groups is 1. The van der Waals surface area contributed by atoms with E-state index in [9.17, 15) is 5.11 Å². The SMILES string of the molecule is O=C(O)C(=O)O.O=C(O)C(=O)O.OC(CNCc1cccnc1)COc1ccccc1/C=N/OCc1ccccc1Cl. The van der Waals surface area contributed by atoms with Crippen molar-refractivity contribution in [3.8, 4) is 5.75 Å². The first-order valence-corrected chi connectivity index (χ1v) is 12.2. The quantitative estimate of drug-likeness (QED) is 0.105. The maximum atomic E-state index is 10.2. The lowest BCUT2D eigenvalue weighted by Crippen LogP contribution is -2.31. The second-order valence-electron chi connectivity index (χ2n) is 7.81. The highest BCUT2D eigenvalue weighted by atomic mass is 35.5. The van der Waals surface area contributed by atoms with E-state index in [0.717, 1.165) is 16.7 Å². The van der Waals surface area contributed by atoms with Crippen LogP contribution in [0.15, 0.2) is 78.2 Å². The fourth-order valence-electron chi connectivity index (χ4n) is 2.67. The lowest BCUT2D eigenvalue weighted by Gasteiger charge is -2.14. The predicted octanol–water partition coefficient (Wildman–Crippen LogP) is 2.13. The van der Waals surface area contributed by atoms with Gasteiger partial charge in [-0.05, 0) is 29.8 Å². The summed E-state index contributed by atoms with van der Waals surface area (Å²) in [5, 5.41) is 47.6. The van der Waals surface area contributed by atoms with Crippen molar-refractivity contribution in [2.45, 2.75) is 19.3 Å². The largest absolute Gasteiger partial charge is 0.490 e. The highest BCUT2D eigenvalue weighted by Crippen LogP contribution is 2.18. The van der Waals surface area contributed by atoms with Crippen LogP contribution in [0.2, 0.25) is 5.02 Å². The molecule has 1 unspecified atom stereocenters. The Balaban J connectivity index is 0.000000618. The predicted molar refractivity (Wildman–Crippen MR) is 148 cm³/mol. The van der Waals surface area contributed by atoms with Gasteiger partial charge in [0.1, 0.15) is 25.1 Å². The van der Waals surface area contributed by atoms with Gasteiger partial charge in [-0.2, -0.15) is 0 Å². The third-order valence-corrected chi connectivity index (χ3v) is 4.96. The van der Waals surface area contributed by atoms with Gasteiger partial charge in [0.25, 0.3) is 0 Å². The number of para-hydroxylation sites is 1. The van der Waals surface area contributed by atoms with Crippen LogP contribution in [-0.2, 0) is 37.2 Å². The van der Waals surface area contributed by atoms with Crippen molar-refractivity contribution in [3.63, 3.8) is 0 Å². The number of aromatic nitrogens is 1. The summed E-state index contributed by atoms with van der Waals surface area (Å²) in [4.78, 5) is 45.8. The van der Waals surface area contributed by atoms with Crippen LogP contribution in [0, 0.1) is 0 Å². The Labute approximate surface area is 244 Å². The van der Waals surface area contributed by atoms with Crippen molar-refractivity contribution in [2.24, 2.45) is 5.16 Å². The number of ether oxygens (including phenoxy) is 1. The molecule has 0 radical (unpaired) electrons. The molecule has 14 nitrogen and oxygen atoms in total. The molecule has 0 fully saturated rings. The normalized spacial score (nSPS) is 10.7. The van der Waals surface area contributed by atoms with Gasteiger partial charge < -0.3 is 40.4 Å². The average molecular weight is 606 g/mol. The van der Waals surface area contributed by atoms with E-state index in [-0.39, 0.29) is 13.2 Å². The van der Waals surface area contributed by atoms with Crippen molar-refractivity contribution < 1.29 is 54.3 Å². The molecule has 1 aromatic heterocycles. The van der Waals surface area contributed by atoms with E-state index in [1.54, 1.807) is 18.6 Å². The molecule has 0 spiro atoms. The monoisotopic (exact) mass is 605 g/mol. The molecule has 0 bridgehead atoms. The number of halogens is 1. The van der Waals surface area contributed by atoms with Crippen molar-refractivity contribution in [3.05, 3.63) is 94.8 Å². The van der Waals surface area contributed by atoms with Gasteiger partial charge in [0.2, 0.25) is 0 Å². The first kappa shape index (κ1) is 35.0. The molecule has 1 atom stereocenters. The Bertz CT molecular complexity index is 1280. The van der Waals surface area contributed by atoms with Gasteiger partial charge in [-0.3, -0.25) is 4.98 Å². The minimum Gasteiger partial charge on any atom is -0.490 e. The topological polar surface area (TPSA) is 225 Å². The summed E-state index contributed by atoms with van der Waals surface area (Å²) in [5.74, 6) is -6.68. The van der Waals surface area contributed by atoms with Crippen LogP contribution in [0.1, 0.15) is 16.7 Å². The maximum Gasteiger partial charge on any atom is 0.414 e. The highest BCUT2D eigenvalue weighted by Gasteiger charge is 2.08. The minimum absolute atomic E-state index is 0.158. The summed E-state index contributed by atoms with van der Waals surface area (Å²) in [7, 11) is 0. The molecule has 2 aromatic carbocycles. The van der Waals surface area contributed by atoms with Crippen molar-refractivity contribution in [1.82, 2.24) is 10.3 Å². The molecular formula is C27H28ClN3O11. The van der Waals surface area contributed by atoms with E-state index < -0.39 is 30.0 Å². The number of nitrogens with zero attached hydrogens (tertiary/aromatic N) is 2. The number of nitrogens with one attached hydrogen (secondary N) is 1. The molecule has 0 amide bonds. The molecule has 3 rings (SSSR count). The highest BCUT2D eigenvalue weighted by molar-refractivity contribution is 6.31. The smallest absolute Gasteiger partial charge is 0.414 e. The fraction of sp³-hybridized carbons (Fsp3) is 0.185. The molecule has 6 N–H and O–H groups in total. The van der Waals surface area contributed by atoms with Gasteiger partial charge in [0.05, 0.1) is 6.21 Å². The second kappa shape index (κ2) is 19.9. The van der Waals surface area contributed by atoms with Crippen LogP contribution in [0.5, 0.6) is 5.75 Å². The first-order chi connectivity index (χ1) is 20.0. The Kier molecular flexibility index (Phi) is 16.6. The molecule has 0 aliphatic rings. The summed E-state index contributed by atoms with van der Waals surface area (Å²) in [6.45, 7) is 1.48. The molecular weight excluding hydrogens is 578 g/mol. The van der Waals surface area contributed by atoms with Gasteiger partial charge in [-0.15, -0.1) is 0 Å². The summed E-state index contributed by atoms with van der Waals surface area (Å²) in [6, 6.07) is 18.8. The lowest BCUT2D eigenvalue weighted by atomic mass is 10.2. The maximum absolute atomic E-state index is 10.2. The summed E-state index contributed by atoms with van der Waals surface area (Å²) in [5.41, 5.74) is 2.68. The van der Waals surface area contributed by atoms with Gasteiger partial charge in [0.15, 0.2) is 0 Å². The molecule has 42 heavy (non-hydrogen) atoms. The minimum atomic E-state index is -1.82. The molecule has 0 aliphatic carbocycles. The van der Waals surface area contributed by atoms with E-state index in [1.165, 1.54) is 0 Å². The number of hydrogen-bond donors (Lipinski definition) is 6. The van der Waals surface area contributed by atoms with Crippen LogP contribution in [0.4, 0.5) is 0 Å². The number of carbonyl (C=O) groups is 4. The van der Waals surface area contributed by atoms with Gasteiger partial charge in [-0.1, -0.05) is 53.2 Å². The molecule has 1 heterocycles. The standard InChI is InChI=1S/C23H24ClN3O3.2C2H2O4/c24-22-9-3-1-8-20(22)16-30-27-14-19-7-2-4-10-23(19)29-17-21(28)15-26-13-18-6-5-11-25-12-18;2*3-1(4)2(5)6/h1-12,14,21,26,28H,13,15-17H2;2*(H,3,4)(H,5,6)/b27-14+;;. The summed E-state index contributed by atoms with van der Waals surface area (Å²) < 4.78 is 5.77. The number of aliphatic hydroxyl groups excluding tert-OH is 1. The van der Waals surface area contributed by atoms with E-state index in [4.69, 9.17) is 60.8 Å². The first-order valence-electron chi connectivity index (χ1n) is 11.8. The van der Waals surface area contributed by atoms with Crippen LogP contribution in [0.25, 0.3) is 0 Å². The number of aliphatic carboxylic acids is 4. The van der Waals surface area contributed by atoms with Gasteiger partial charge >= 0.3 is 23.9 Å². The average Bonchev–Trinajstić information content (AvgIpc) is 2.96. The zero-order valence-electron chi connectivity index (χ0n) is 21.9. The molecule has 0 saturated heterocycles. The molecule has 0 saturated carbocycles. The molecule has 0 aliphatic heterocycles. The van der Waals surface area contributed by atoms with Gasteiger partial charge in [-0.25, -0.2) is 19.2 Å². The third kappa shape index (κ3) is 15.5. The summed E-state index contributed by atoms with van der Waals surface area (Å²) >= 11 is 6.10. The Morgan fingerprint density at radius 2 is 1.52 bits per heavy atom. The van der Waals surface area contributed by atoms with Crippen molar-refractivity contribution in [2.75, 3.05) is 13.2 Å². The van der Waals surface area contributed by atoms with Crippen LogP contribution in [0.3, 0.4) is 0 Å². The molecule has 224 valence electrons. The molecule has 3 aromatic rings. The van der Waals surface area contributed by atoms with Crippen LogP contribution >= 0.6 is 11.6 Å². The second-order valence-corrected chi connectivity index (χ2v) is 8.22. The Morgan fingerprint density at radius 1 is 0.905 bits per heavy atom. The molecule has 15 heteroatoms. The Hall–Kier alpha value is -5.05. The third-order valence-electron chi connectivity index (χ3n) is 4.59. The number of rotatable bonds is 11. The van der Waals surface area contributed by atoms with E-state index in [2.05, 4.69) is 15.5 Å². The van der Waals surface area contributed by atoms with E-state index in [0.29, 0.717) is 23.9 Å². The number of aliphatic hydroxyl groups is 1. The van der Waals surface area contributed by atoms with E-state index >= 15 is 0 Å². The van der Waals surface area contributed by atoms with Crippen LogP contribution < -0.4 is 10.1 Å². The fourth-order valence-corrected chi connectivity index (χ4v) is 2.86. The zero-order chi connectivity index (χ0) is 31.3. The lowest BCUT2D eigenvalue weighted by molar-refractivity contribution is -0.159. The Morgan fingerprint density at radius 3 is 2.12 bits per heavy atom. The number of benzene rings is 2. The number of pyridine rings is 1. The zero-order valence-corrected chi connectivity index (χ0v) is 22.6. The number of carboxylic acid groups (broad SMARTS) is 4. The summed E-state index contributed by atoms with van der Waals surface area (Å²) in [6.07, 6.45) is 4.45.